The topological polar surface area (TPSA) is 50.7 Å². The number of nitrogens with one attached hydrogen (secondary N) is 1. The van der Waals surface area contributed by atoms with Crippen LogP contribution in [0, 0.1) is 0 Å². The predicted octanol–water partition coefficient (Wildman–Crippen LogP) is 3.89. The predicted molar refractivity (Wildman–Crippen MR) is 84.1 cm³/mol. The number of halogens is 4. The van der Waals surface area contributed by atoms with Gasteiger partial charge in [0, 0.05) is 10.6 Å². The second-order valence-electron chi connectivity index (χ2n) is 4.62. The Morgan fingerprint density at radius 3 is 2.50 bits per heavy atom. The van der Waals surface area contributed by atoms with Gasteiger partial charge in [-0.15, -0.1) is 0 Å². The Labute approximate surface area is 140 Å². The highest BCUT2D eigenvalue weighted by Crippen LogP contribution is 2.31. The molecular formula is C16H12ClF3N2O2. The van der Waals surface area contributed by atoms with E-state index < -0.39 is 17.6 Å². The summed E-state index contributed by atoms with van der Waals surface area (Å²) in [5, 5.41) is 4.04. The molecule has 0 aliphatic rings. The van der Waals surface area contributed by atoms with Crippen LogP contribution >= 0.6 is 11.6 Å². The number of alkyl halides is 3. The number of carbonyl (C=O) groups is 1. The number of rotatable bonds is 5. The van der Waals surface area contributed by atoms with Crippen LogP contribution in [0.2, 0.25) is 5.02 Å². The summed E-state index contributed by atoms with van der Waals surface area (Å²) in [5.74, 6) is -0.174. The molecule has 0 saturated carbocycles. The first kappa shape index (κ1) is 17.8. The molecule has 0 aliphatic heterocycles. The smallest absolute Gasteiger partial charge is 0.417 e. The van der Waals surface area contributed by atoms with Gasteiger partial charge >= 0.3 is 6.18 Å². The molecule has 4 nitrogen and oxygen atoms in total. The van der Waals surface area contributed by atoms with Gasteiger partial charge in [-0.3, -0.25) is 4.79 Å². The van der Waals surface area contributed by atoms with Crippen molar-refractivity contribution >= 4 is 23.7 Å². The van der Waals surface area contributed by atoms with Gasteiger partial charge < -0.3 is 4.74 Å². The zero-order chi connectivity index (χ0) is 17.6. The molecule has 0 atom stereocenters. The first-order chi connectivity index (χ1) is 11.4. The summed E-state index contributed by atoms with van der Waals surface area (Å²) in [6.07, 6.45) is -3.56. The Hall–Kier alpha value is -2.54. The molecule has 0 saturated heterocycles. The van der Waals surface area contributed by atoms with Crippen LogP contribution in [0.5, 0.6) is 5.75 Å². The molecule has 0 bridgehead atoms. The minimum absolute atomic E-state index is 0.149. The fraction of sp³-hybridized carbons (Fsp3) is 0.125. The van der Waals surface area contributed by atoms with E-state index in [1.807, 2.05) is 0 Å². The number of nitrogens with zero attached hydrogens (tertiary/aromatic N) is 1. The second kappa shape index (κ2) is 7.83. The van der Waals surface area contributed by atoms with Gasteiger partial charge in [0.2, 0.25) is 0 Å². The van der Waals surface area contributed by atoms with Crippen molar-refractivity contribution in [3.05, 3.63) is 64.7 Å². The van der Waals surface area contributed by atoms with Crippen LogP contribution in [0.1, 0.15) is 11.1 Å². The summed E-state index contributed by atoms with van der Waals surface area (Å²) in [7, 11) is 0. The molecule has 24 heavy (non-hydrogen) atoms. The molecular weight excluding hydrogens is 345 g/mol. The molecule has 1 N–H and O–H groups in total. The monoisotopic (exact) mass is 356 g/mol. The number of amides is 1. The van der Waals surface area contributed by atoms with Gasteiger partial charge in [-0.1, -0.05) is 29.8 Å². The third-order valence-electron chi connectivity index (χ3n) is 2.84. The fourth-order valence-electron chi connectivity index (χ4n) is 1.75. The first-order valence-corrected chi connectivity index (χ1v) is 7.10. The largest absolute Gasteiger partial charge is 0.484 e. The van der Waals surface area contributed by atoms with Crippen LogP contribution in [0.4, 0.5) is 13.2 Å². The molecule has 0 heterocycles. The number of hydrogen-bond donors (Lipinski definition) is 1. The maximum absolute atomic E-state index is 12.8. The highest BCUT2D eigenvalue weighted by atomic mass is 35.5. The summed E-state index contributed by atoms with van der Waals surface area (Å²) >= 11 is 5.71. The van der Waals surface area contributed by atoms with E-state index in [1.54, 1.807) is 24.3 Å². The Kier molecular flexibility index (Phi) is 5.81. The maximum Gasteiger partial charge on any atom is 0.417 e. The lowest BCUT2D eigenvalue weighted by Crippen LogP contribution is -2.24. The first-order valence-electron chi connectivity index (χ1n) is 6.73. The molecule has 8 heteroatoms. The lowest BCUT2D eigenvalue weighted by atomic mass is 10.1. The van der Waals surface area contributed by atoms with Crippen LogP contribution in [-0.4, -0.2) is 18.7 Å². The average Bonchev–Trinajstić information content (AvgIpc) is 2.54. The SMILES string of the molecule is O=C(COc1ccc(Cl)cc1)NN=Cc1ccccc1C(F)(F)F. The van der Waals surface area contributed by atoms with E-state index in [2.05, 4.69) is 10.5 Å². The van der Waals surface area contributed by atoms with E-state index in [0.29, 0.717) is 10.8 Å². The summed E-state index contributed by atoms with van der Waals surface area (Å²) in [4.78, 5) is 11.6. The van der Waals surface area contributed by atoms with E-state index in [9.17, 15) is 18.0 Å². The van der Waals surface area contributed by atoms with E-state index in [4.69, 9.17) is 16.3 Å². The molecule has 0 radical (unpaired) electrons. The zero-order valence-electron chi connectivity index (χ0n) is 12.2. The summed E-state index contributed by atoms with van der Waals surface area (Å²) < 4.78 is 43.6. The van der Waals surface area contributed by atoms with Gasteiger partial charge in [-0.2, -0.15) is 18.3 Å². The van der Waals surface area contributed by atoms with E-state index in [-0.39, 0.29) is 12.2 Å². The normalized spacial score (nSPS) is 11.5. The number of ether oxygens (including phenoxy) is 1. The maximum atomic E-state index is 12.8. The van der Waals surface area contributed by atoms with Gasteiger partial charge in [-0.25, -0.2) is 5.43 Å². The quantitative estimate of drug-likeness (QED) is 0.652. The van der Waals surface area contributed by atoms with Gasteiger partial charge in [0.15, 0.2) is 6.61 Å². The van der Waals surface area contributed by atoms with E-state index in [0.717, 1.165) is 12.3 Å². The molecule has 0 aromatic heterocycles. The molecule has 2 rings (SSSR count). The van der Waals surface area contributed by atoms with Crippen LogP contribution in [0.15, 0.2) is 53.6 Å². The van der Waals surface area contributed by atoms with Crippen LogP contribution in [0.3, 0.4) is 0 Å². The lowest BCUT2D eigenvalue weighted by Gasteiger charge is -2.09. The molecule has 0 aliphatic carbocycles. The van der Waals surface area contributed by atoms with E-state index in [1.165, 1.54) is 18.2 Å². The highest BCUT2D eigenvalue weighted by Gasteiger charge is 2.32. The van der Waals surface area contributed by atoms with Crippen molar-refractivity contribution in [1.29, 1.82) is 0 Å². The summed E-state index contributed by atoms with van der Waals surface area (Å²) in [6, 6.07) is 11.3. The number of hydrogen-bond acceptors (Lipinski definition) is 3. The van der Waals surface area contributed by atoms with Crippen molar-refractivity contribution < 1.29 is 22.7 Å². The minimum atomic E-state index is -4.50. The standard InChI is InChI=1S/C16H12ClF3N2O2/c17-12-5-7-13(8-6-12)24-10-15(23)22-21-9-11-3-1-2-4-14(11)16(18,19)20/h1-9H,10H2,(H,22,23). The highest BCUT2D eigenvalue weighted by molar-refractivity contribution is 6.30. The lowest BCUT2D eigenvalue weighted by molar-refractivity contribution is -0.137. The third-order valence-corrected chi connectivity index (χ3v) is 3.09. The Morgan fingerprint density at radius 2 is 1.83 bits per heavy atom. The molecule has 2 aromatic carbocycles. The number of carbonyl (C=O) groups excluding carboxylic acids is 1. The van der Waals surface area contributed by atoms with Crippen molar-refractivity contribution in [3.63, 3.8) is 0 Å². The van der Waals surface area contributed by atoms with Crippen LogP contribution in [-0.2, 0) is 11.0 Å². The molecule has 0 spiro atoms. The van der Waals surface area contributed by atoms with Gasteiger partial charge in [0.1, 0.15) is 5.75 Å². The number of hydrazone groups is 1. The van der Waals surface area contributed by atoms with E-state index >= 15 is 0 Å². The molecule has 126 valence electrons. The molecule has 0 unspecified atom stereocenters. The van der Waals surface area contributed by atoms with Gasteiger partial charge in [-0.05, 0) is 30.3 Å². The third kappa shape index (κ3) is 5.27. The summed E-state index contributed by atoms with van der Waals surface area (Å²) in [5.41, 5.74) is 1.12. The van der Waals surface area contributed by atoms with Crippen molar-refractivity contribution in [2.45, 2.75) is 6.18 Å². The molecule has 0 fully saturated rings. The van der Waals surface area contributed by atoms with Gasteiger partial charge in [0.25, 0.3) is 5.91 Å². The average molecular weight is 357 g/mol. The van der Waals surface area contributed by atoms with Gasteiger partial charge in [0.05, 0.1) is 11.8 Å². The zero-order valence-corrected chi connectivity index (χ0v) is 12.9. The van der Waals surface area contributed by atoms with Crippen LogP contribution < -0.4 is 10.2 Å². The Morgan fingerprint density at radius 1 is 1.17 bits per heavy atom. The second-order valence-corrected chi connectivity index (χ2v) is 5.06. The fourth-order valence-corrected chi connectivity index (χ4v) is 1.88. The molecule has 1 amide bonds. The van der Waals surface area contributed by atoms with Crippen molar-refractivity contribution in [2.75, 3.05) is 6.61 Å². The Bertz CT molecular complexity index is 731. The van der Waals surface area contributed by atoms with Crippen molar-refractivity contribution in [1.82, 2.24) is 5.43 Å². The Balaban J connectivity index is 1.90. The minimum Gasteiger partial charge on any atom is -0.484 e. The number of benzene rings is 2. The van der Waals surface area contributed by atoms with Crippen molar-refractivity contribution in [2.24, 2.45) is 5.10 Å². The van der Waals surface area contributed by atoms with Crippen LogP contribution in [0.25, 0.3) is 0 Å². The van der Waals surface area contributed by atoms with Crippen molar-refractivity contribution in [3.8, 4) is 5.75 Å². The summed E-state index contributed by atoms with van der Waals surface area (Å²) in [6.45, 7) is -0.333. The molecule has 2 aromatic rings.